The quantitative estimate of drug-likeness (QED) is 0.537. The number of nitrogens with one attached hydrogen (secondary N) is 1. The van der Waals surface area contributed by atoms with Crippen LogP contribution in [0, 0.1) is 25.2 Å². The molecule has 1 saturated heterocycles. The van der Waals surface area contributed by atoms with Gasteiger partial charge in [0.25, 0.3) is 0 Å². The van der Waals surface area contributed by atoms with Crippen molar-refractivity contribution in [2.75, 3.05) is 19.6 Å². The van der Waals surface area contributed by atoms with Crippen LogP contribution in [0.1, 0.15) is 62.3 Å². The summed E-state index contributed by atoms with van der Waals surface area (Å²) in [6.45, 7) is 18.3. The van der Waals surface area contributed by atoms with Gasteiger partial charge in [0.15, 0.2) is 0 Å². The largest absolute Gasteiger partial charge is 0.308 e. The molecule has 0 spiro atoms. The van der Waals surface area contributed by atoms with Gasteiger partial charge in [0.05, 0.1) is 0 Å². The van der Waals surface area contributed by atoms with Gasteiger partial charge >= 0.3 is 0 Å². The smallest absolute Gasteiger partial charge is 0.0406 e. The lowest BCUT2D eigenvalue weighted by Gasteiger charge is -2.46. The van der Waals surface area contributed by atoms with Crippen LogP contribution in [-0.2, 0) is 6.54 Å². The Morgan fingerprint density at radius 2 is 1.80 bits per heavy atom. The molecule has 2 aromatic rings. The van der Waals surface area contributed by atoms with Gasteiger partial charge in [0, 0.05) is 30.7 Å². The molecule has 1 aliphatic heterocycles. The molecule has 0 amide bonds. The van der Waals surface area contributed by atoms with Crippen molar-refractivity contribution in [3.8, 4) is 0 Å². The van der Waals surface area contributed by atoms with E-state index in [-0.39, 0.29) is 5.41 Å². The highest BCUT2D eigenvalue weighted by molar-refractivity contribution is 6.30. The van der Waals surface area contributed by atoms with E-state index in [1.165, 1.54) is 28.7 Å². The van der Waals surface area contributed by atoms with Gasteiger partial charge in [-0.2, -0.15) is 0 Å². The molecule has 0 radical (unpaired) electrons. The third-order valence-electron chi connectivity index (χ3n) is 7.11. The number of likely N-dealkylation sites (tertiary alicyclic amines) is 1. The second-order valence-corrected chi connectivity index (χ2v) is 10.6. The zero-order chi connectivity index (χ0) is 21.9. The van der Waals surface area contributed by atoms with Gasteiger partial charge in [-0.15, -0.1) is 0 Å². The molecule has 3 rings (SSSR count). The Morgan fingerprint density at radius 1 is 1.10 bits per heavy atom. The molecule has 30 heavy (non-hydrogen) atoms. The lowest BCUT2D eigenvalue weighted by molar-refractivity contribution is 0.0791. The normalized spacial score (nSPS) is 20.5. The molecule has 0 unspecified atom stereocenters. The molecule has 164 valence electrons. The van der Waals surface area contributed by atoms with E-state index >= 15 is 0 Å². The number of aryl methyl sites for hydroxylation is 1. The van der Waals surface area contributed by atoms with Crippen LogP contribution in [0.15, 0.2) is 42.5 Å². The first kappa shape index (κ1) is 23.3. The molecule has 3 heteroatoms. The predicted octanol–water partition coefficient (Wildman–Crippen LogP) is 6.59. The van der Waals surface area contributed by atoms with Crippen LogP contribution < -0.4 is 5.32 Å². The lowest BCUT2D eigenvalue weighted by atomic mass is 9.70. The minimum Gasteiger partial charge on any atom is -0.308 e. The van der Waals surface area contributed by atoms with Crippen molar-refractivity contribution in [3.05, 3.63) is 69.7 Å². The first-order valence-corrected chi connectivity index (χ1v) is 11.8. The first-order chi connectivity index (χ1) is 14.2. The summed E-state index contributed by atoms with van der Waals surface area (Å²) < 4.78 is 0. The summed E-state index contributed by atoms with van der Waals surface area (Å²) in [6.07, 6.45) is 1.20. The van der Waals surface area contributed by atoms with Crippen LogP contribution in [0.3, 0.4) is 0 Å². The Bertz CT molecular complexity index is 825. The number of nitrogens with zero attached hydrogens (tertiary/aromatic N) is 1. The number of hydrogen-bond donors (Lipinski definition) is 1. The molecule has 2 atom stereocenters. The fourth-order valence-electron chi connectivity index (χ4n) is 4.97. The van der Waals surface area contributed by atoms with Gasteiger partial charge in [-0.1, -0.05) is 69.6 Å². The van der Waals surface area contributed by atoms with E-state index in [1.807, 2.05) is 12.1 Å². The minimum absolute atomic E-state index is 0.251. The fourth-order valence-corrected chi connectivity index (χ4v) is 5.10. The van der Waals surface area contributed by atoms with Gasteiger partial charge in [-0.05, 0) is 78.5 Å². The molecule has 1 fully saturated rings. The topological polar surface area (TPSA) is 15.3 Å². The molecule has 0 aliphatic carbocycles. The fraction of sp³-hybridized carbons (Fsp3) is 0.556. The van der Waals surface area contributed by atoms with E-state index in [2.05, 4.69) is 82.1 Å². The van der Waals surface area contributed by atoms with Crippen LogP contribution in [0.5, 0.6) is 0 Å². The number of hydrogen-bond acceptors (Lipinski definition) is 2. The van der Waals surface area contributed by atoms with Crippen molar-refractivity contribution in [2.45, 2.75) is 66.5 Å². The molecule has 0 bridgehead atoms. The van der Waals surface area contributed by atoms with Gasteiger partial charge in [-0.3, -0.25) is 0 Å². The van der Waals surface area contributed by atoms with E-state index < -0.39 is 0 Å². The van der Waals surface area contributed by atoms with Crippen molar-refractivity contribution in [1.82, 2.24) is 10.2 Å². The maximum Gasteiger partial charge on any atom is 0.0406 e. The monoisotopic (exact) mass is 426 g/mol. The first-order valence-electron chi connectivity index (χ1n) is 11.4. The Balaban J connectivity index is 1.62. The zero-order valence-corrected chi connectivity index (χ0v) is 20.4. The summed E-state index contributed by atoms with van der Waals surface area (Å²) in [6, 6.07) is 15.6. The van der Waals surface area contributed by atoms with E-state index in [4.69, 9.17) is 11.6 Å². The highest BCUT2D eigenvalue weighted by Crippen LogP contribution is 2.42. The number of piperidine rings is 1. The van der Waals surface area contributed by atoms with Crippen molar-refractivity contribution in [2.24, 2.45) is 11.3 Å². The summed E-state index contributed by atoms with van der Waals surface area (Å²) >= 11 is 6.11. The summed E-state index contributed by atoms with van der Waals surface area (Å²) in [5.41, 5.74) is 5.89. The Labute approximate surface area is 189 Å². The Morgan fingerprint density at radius 3 is 2.43 bits per heavy atom. The van der Waals surface area contributed by atoms with Crippen molar-refractivity contribution < 1.29 is 0 Å². The Kier molecular flexibility index (Phi) is 7.66. The van der Waals surface area contributed by atoms with Crippen molar-refractivity contribution in [1.29, 1.82) is 0 Å². The standard InChI is InChI=1S/C27H39ClN2/c1-19(2)26(29-16-23-9-7-8-20(3)21(23)4)17-30-15-14-25(27(5,6)18-30)22-10-12-24(28)13-11-22/h7-13,19,25-26,29H,14-18H2,1-6H3/t25-,26+/m1/s1. The van der Waals surface area contributed by atoms with E-state index in [1.54, 1.807) is 0 Å². The second kappa shape index (κ2) is 9.85. The van der Waals surface area contributed by atoms with Gasteiger partial charge < -0.3 is 10.2 Å². The number of rotatable bonds is 7. The van der Waals surface area contributed by atoms with Gasteiger partial charge in [-0.25, -0.2) is 0 Å². The maximum atomic E-state index is 6.11. The van der Waals surface area contributed by atoms with Gasteiger partial charge in [0.1, 0.15) is 0 Å². The summed E-state index contributed by atoms with van der Waals surface area (Å²) in [4.78, 5) is 2.67. The molecular weight excluding hydrogens is 388 g/mol. The predicted molar refractivity (Wildman–Crippen MR) is 130 cm³/mol. The SMILES string of the molecule is Cc1cccc(CN[C@@H](CN2CC[C@H](c3ccc(Cl)cc3)C(C)(C)C2)C(C)C)c1C. The second-order valence-electron chi connectivity index (χ2n) is 10.2. The van der Waals surface area contributed by atoms with E-state index in [0.717, 1.165) is 31.2 Å². The van der Waals surface area contributed by atoms with Crippen molar-refractivity contribution >= 4 is 11.6 Å². The number of halogens is 1. The third-order valence-corrected chi connectivity index (χ3v) is 7.36. The van der Waals surface area contributed by atoms with E-state index in [9.17, 15) is 0 Å². The maximum absolute atomic E-state index is 6.11. The molecule has 2 nitrogen and oxygen atoms in total. The van der Waals surface area contributed by atoms with Crippen LogP contribution in [-0.4, -0.2) is 30.6 Å². The molecule has 1 aliphatic rings. The highest BCUT2D eigenvalue weighted by Gasteiger charge is 2.37. The average Bonchev–Trinajstić information content (AvgIpc) is 2.68. The van der Waals surface area contributed by atoms with Crippen LogP contribution in [0.4, 0.5) is 0 Å². The van der Waals surface area contributed by atoms with Crippen LogP contribution in [0.2, 0.25) is 5.02 Å². The molecule has 1 heterocycles. The summed E-state index contributed by atoms with van der Waals surface area (Å²) in [5.74, 6) is 1.19. The molecule has 0 saturated carbocycles. The molecule has 2 aromatic carbocycles. The van der Waals surface area contributed by atoms with E-state index in [0.29, 0.717) is 17.9 Å². The lowest BCUT2D eigenvalue weighted by Crippen LogP contribution is -2.51. The molecule has 0 aromatic heterocycles. The third kappa shape index (κ3) is 5.66. The molecule has 1 N–H and O–H groups in total. The average molecular weight is 427 g/mol. The summed E-state index contributed by atoms with van der Waals surface area (Å²) in [5, 5.41) is 4.69. The summed E-state index contributed by atoms with van der Waals surface area (Å²) in [7, 11) is 0. The molecular formula is C27H39ClN2. The highest BCUT2D eigenvalue weighted by atomic mass is 35.5. The minimum atomic E-state index is 0.251. The van der Waals surface area contributed by atoms with Gasteiger partial charge in [0.2, 0.25) is 0 Å². The van der Waals surface area contributed by atoms with Crippen molar-refractivity contribution in [3.63, 3.8) is 0 Å². The van der Waals surface area contributed by atoms with Crippen LogP contribution >= 0.6 is 11.6 Å². The Hall–Kier alpha value is -1.35. The number of benzene rings is 2. The van der Waals surface area contributed by atoms with Crippen LogP contribution in [0.25, 0.3) is 0 Å². The zero-order valence-electron chi connectivity index (χ0n) is 19.6.